The lowest BCUT2D eigenvalue weighted by atomic mass is 10.3. The number of hydrogen-bond acceptors (Lipinski definition) is 5. The van der Waals surface area contributed by atoms with Crippen molar-refractivity contribution >= 4 is 38.8 Å². The maximum atomic E-state index is 12.0. The van der Waals surface area contributed by atoms with Crippen molar-refractivity contribution in [2.45, 2.75) is 0 Å². The molecule has 2 aromatic rings. The summed E-state index contributed by atoms with van der Waals surface area (Å²) in [6.07, 6.45) is 1.49. The van der Waals surface area contributed by atoms with Crippen molar-refractivity contribution in [2.24, 2.45) is 4.99 Å². The van der Waals surface area contributed by atoms with Crippen LogP contribution in [-0.4, -0.2) is 28.4 Å². The van der Waals surface area contributed by atoms with Crippen LogP contribution < -0.4 is 10.1 Å². The number of carbonyl (C=O) groups excluding carboxylic acids is 1. The Labute approximate surface area is 140 Å². The van der Waals surface area contributed by atoms with Crippen LogP contribution in [0, 0.1) is 0 Å². The number of aliphatic imine (C=N–C) groups is 1. The Kier molecular flexibility index (Phi) is 4.74. The average molecular weight is 378 g/mol. The Morgan fingerprint density at radius 2 is 2.23 bits per heavy atom. The predicted octanol–water partition coefficient (Wildman–Crippen LogP) is 3.47. The average Bonchev–Trinajstić information content (AvgIpc) is 3.01. The van der Waals surface area contributed by atoms with Crippen LogP contribution in [0.1, 0.15) is 10.4 Å². The minimum Gasteiger partial charge on any atom is -0.439 e. The van der Waals surface area contributed by atoms with Crippen LogP contribution in [0.25, 0.3) is 0 Å². The van der Waals surface area contributed by atoms with E-state index in [-0.39, 0.29) is 5.91 Å². The molecular formula is C15H12BrN3O2S. The van der Waals surface area contributed by atoms with Crippen LogP contribution in [0.2, 0.25) is 0 Å². The van der Waals surface area contributed by atoms with Crippen LogP contribution in [0.15, 0.2) is 52.1 Å². The highest BCUT2D eigenvalue weighted by atomic mass is 79.9. The maximum Gasteiger partial charge on any atom is 0.258 e. The summed E-state index contributed by atoms with van der Waals surface area (Å²) in [5.41, 5.74) is 0.469. The summed E-state index contributed by atoms with van der Waals surface area (Å²) in [4.78, 5) is 20.4. The number of rotatable bonds is 3. The van der Waals surface area contributed by atoms with E-state index in [4.69, 9.17) is 4.74 Å². The van der Waals surface area contributed by atoms with Gasteiger partial charge in [0.2, 0.25) is 5.88 Å². The molecule has 22 heavy (non-hydrogen) atoms. The molecule has 1 aliphatic heterocycles. The molecule has 0 atom stereocenters. The Hall–Kier alpha value is -1.86. The summed E-state index contributed by atoms with van der Waals surface area (Å²) in [5.74, 6) is 1.81. The molecule has 0 radical (unpaired) electrons. The molecule has 0 saturated heterocycles. The molecule has 0 saturated carbocycles. The van der Waals surface area contributed by atoms with Gasteiger partial charge in [-0.2, -0.15) is 0 Å². The summed E-state index contributed by atoms with van der Waals surface area (Å²) in [6, 6.07) is 10.8. The van der Waals surface area contributed by atoms with Gasteiger partial charge in [-0.1, -0.05) is 33.8 Å². The standard InChI is InChI=1S/C15H12BrN3O2S/c16-11-2-1-3-12(8-11)21-13-5-4-10(9-18-13)14(20)19-15-17-6-7-22-15/h1-5,8-9H,6-7H2,(H,17,19,20). The number of nitrogens with one attached hydrogen (secondary N) is 1. The third-order valence-corrected chi connectivity index (χ3v) is 4.21. The molecule has 7 heteroatoms. The van der Waals surface area contributed by atoms with Gasteiger partial charge in [-0.25, -0.2) is 4.98 Å². The summed E-state index contributed by atoms with van der Waals surface area (Å²) >= 11 is 4.92. The number of thioether (sulfide) groups is 1. The van der Waals surface area contributed by atoms with E-state index in [2.05, 4.69) is 31.2 Å². The fourth-order valence-electron chi connectivity index (χ4n) is 1.81. The fourth-order valence-corrected chi connectivity index (χ4v) is 2.91. The van der Waals surface area contributed by atoms with Gasteiger partial charge in [0.25, 0.3) is 5.91 Å². The zero-order valence-electron chi connectivity index (χ0n) is 11.5. The molecule has 0 aliphatic carbocycles. The summed E-state index contributed by atoms with van der Waals surface area (Å²) < 4.78 is 6.55. The molecule has 1 aromatic heterocycles. The summed E-state index contributed by atoms with van der Waals surface area (Å²) in [6.45, 7) is 0.748. The van der Waals surface area contributed by atoms with Crippen molar-refractivity contribution in [3.8, 4) is 11.6 Å². The highest BCUT2D eigenvalue weighted by Crippen LogP contribution is 2.23. The minimum absolute atomic E-state index is 0.213. The van der Waals surface area contributed by atoms with Gasteiger partial charge in [0.05, 0.1) is 12.1 Å². The van der Waals surface area contributed by atoms with Gasteiger partial charge in [-0.05, 0) is 24.3 Å². The smallest absolute Gasteiger partial charge is 0.258 e. The highest BCUT2D eigenvalue weighted by molar-refractivity contribution is 9.10. The van der Waals surface area contributed by atoms with Crippen molar-refractivity contribution in [1.29, 1.82) is 0 Å². The van der Waals surface area contributed by atoms with Crippen molar-refractivity contribution in [3.05, 3.63) is 52.6 Å². The van der Waals surface area contributed by atoms with Gasteiger partial charge in [-0.3, -0.25) is 9.79 Å². The SMILES string of the molecule is O=C(NC1=NCCS1)c1ccc(Oc2cccc(Br)c2)nc1. The van der Waals surface area contributed by atoms with E-state index in [1.54, 1.807) is 23.9 Å². The first-order valence-corrected chi connectivity index (χ1v) is 8.37. The van der Waals surface area contributed by atoms with Crippen molar-refractivity contribution in [2.75, 3.05) is 12.3 Å². The van der Waals surface area contributed by atoms with Gasteiger partial charge in [0.1, 0.15) is 5.75 Å². The van der Waals surface area contributed by atoms with Crippen molar-refractivity contribution in [3.63, 3.8) is 0 Å². The predicted molar refractivity (Wildman–Crippen MR) is 90.7 cm³/mol. The number of amidine groups is 1. The van der Waals surface area contributed by atoms with Crippen LogP contribution in [0.5, 0.6) is 11.6 Å². The Bertz CT molecular complexity index is 719. The molecule has 0 spiro atoms. The lowest BCUT2D eigenvalue weighted by molar-refractivity contribution is 0.0977. The molecule has 0 fully saturated rings. The molecule has 1 aliphatic rings. The molecule has 5 nitrogen and oxygen atoms in total. The fraction of sp³-hybridized carbons (Fsp3) is 0.133. The zero-order chi connectivity index (χ0) is 15.4. The van der Waals surface area contributed by atoms with Crippen molar-refractivity contribution in [1.82, 2.24) is 10.3 Å². The first kappa shape index (κ1) is 15.1. The zero-order valence-corrected chi connectivity index (χ0v) is 13.9. The largest absolute Gasteiger partial charge is 0.439 e. The lowest BCUT2D eigenvalue weighted by Crippen LogP contribution is -2.27. The van der Waals surface area contributed by atoms with Crippen molar-refractivity contribution < 1.29 is 9.53 Å². The third kappa shape index (κ3) is 3.86. The molecule has 2 heterocycles. The topological polar surface area (TPSA) is 63.6 Å². The first-order valence-electron chi connectivity index (χ1n) is 6.59. The quantitative estimate of drug-likeness (QED) is 0.889. The maximum absolute atomic E-state index is 12.0. The number of benzene rings is 1. The number of pyridine rings is 1. The molecule has 0 unspecified atom stereocenters. The Balaban J connectivity index is 1.65. The molecule has 0 bridgehead atoms. The Morgan fingerprint density at radius 3 is 2.91 bits per heavy atom. The molecule has 1 N–H and O–H groups in total. The van der Waals surface area contributed by atoms with E-state index in [0.717, 1.165) is 16.8 Å². The molecule has 112 valence electrons. The second kappa shape index (κ2) is 6.93. The number of hydrogen-bond donors (Lipinski definition) is 1. The second-order valence-electron chi connectivity index (χ2n) is 4.43. The second-order valence-corrected chi connectivity index (χ2v) is 6.43. The summed E-state index contributed by atoms with van der Waals surface area (Å²) in [5, 5.41) is 3.42. The molecule has 1 aromatic carbocycles. The monoisotopic (exact) mass is 377 g/mol. The van der Waals surface area contributed by atoms with E-state index in [1.165, 1.54) is 6.20 Å². The molecule has 3 rings (SSSR count). The number of nitrogens with zero attached hydrogens (tertiary/aromatic N) is 2. The van der Waals surface area contributed by atoms with Crippen LogP contribution in [-0.2, 0) is 0 Å². The van der Waals surface area contributed by atoms with Gasteiger partial charge in [0.15, 0.2) is 5.17 Å². The number of ether oxygens (including phenoxy) is 1. The van der Waals surface area contributed by atoms with Crippen LogP contribution in [0.4, 0.5) is 0 Å². The number of halogens is 1. The van der Waals surface area contributed by atoms with E-state index in [0.29, 0.717) is 22.4 Å². The van der Waals surface area contributed by atoms with E-state index < -0.39 is 0 Å². The number of aromatic nitrogens is 1. The number of carbonyl (C=O) groups is 1. The number of amides is 1. The summed E-state index contributed by atoms with van der Waals surface area (Å²) in [7, 11) is 0. The van der Waals surface area contributed by atoms with Crippen LogP contribution in [0.3, 0.4) is 0 Å². The third-order valence-electron chi connectivity index (χ3n) is 2.82. The van der Waals surface area contributed by atoms with E-state index in [1.807, 2.05) is 24.3 Å². The van der Waals surface area contributed by atoms with Gasteiger partial charge < -0.3 is 10.1 Å². The van der Waals surface area contributed by atoms with Gasteiger partial charge in [0, 0.05) is 22.5 Å². The first-order chi connectivity index (χ1) is 10.7. The minimum atomic E-state index is -0.213. The van der Waals surface area contributed by atoms with Gasteiger partial charge >= 0.3 is 0 Å². The van der Waals surface area contributed by atoms with E-state index in [9.17, 15) is 4.79 Å². The Morgan fingerprint density at radius 1 is 1.32 bits per heavy atom. The highest BCUT2D eigenvalue weighted by Gasteiger charge is 2.13. The van der Waals surface area contributed by atoms with Gasteiger partial charge in [-0.15, -0.1) is 0 Å². The van der Waals surface area contributed by atoms with E-state index >= 15 is 0 Å². The van der Waals surface area contributed by atoms with Crippen LogP contribution >= 0.6 is 27.7 Å². The molecular weight excluding hydrogens is 366 g/mol. The molecule has 1 amide bonds. The lowest BCUT2D eigenvalue weighted by Gasteiger charge is -2.06. The normalized spacial score (nSPS) is 13.6.